The first-order chi connectivity index (χ1) is 33.8. The number of hydrogen-bond acceptors (Lipinski definition) is 4. The van der Waals surface area contributed by atoms with Gasteiger partial charge in [-0.2, -0.15) is 0 Å². The van der Waals surface area contributed by atoms with E-state index in [0.717, 1.165) is 100 Å². The van der Waals surface area contributed by atoms with Crippen molar-refractivity contribution >= 4 is 19.7 Å². The molecular formula is C63H38O4S2. The molecule has 0 radical (unpaired) electrons. The molecule has 0 saturated heterocycles. The summed E-state index contributed by atoms with van der Waals surface area (Å²) >= 11 is 0. The third kappa shape index (κ3) is 4.34. The van der Waals surface area contributed by atoms with E-state index in [2.05, 4.69) is 133 Å². The van der Waals surface area contributed by atoms with Crippen LogP contribution >= 0.6 is 0 Å². The summed E-state index contributed by atoms with van der Waals surface area (Å²) in [6.45, 7) is 0. The fraction of sp³-hybridized carbons (Fsp3) is 0.0476. The van der Waals surface area contributed by atoms with Gasteiger partial charge >= 0.3 is 0 Å². The SMILES string of the molecule is O=S1(=O)c2ccccc2C2(c3ccccc3-c3c2cccc3C2(c3cccc4c3-c3ccccc3C43c4ccccc4S(=O)(=O)c4ccccc43)c3ccccc3-c3ccccc32)c2ccccc21. The molecule has 0 fully saturated rings. The maximum Gasteiger partial charge on any atom is 0.207 e. The lowest BCUT2D eigenvalue weighted by Gasteiger charge is -2.41. The molecule has 10 aromatic rings. The molecule has 0 unspecified atom stereocenters. The van der Waals surface area contributed by atoms with Crippen molar-refractivity contribution in [3.8, 4) is 33.4 Å². The van der Waals surface area contributed by atoms with Gasteiger partial charge in [0.15, 0.2) is 0 Å². The Labute approximate surface area is 400 Å². The Bertz CT molecular complexity index is 3820. The van der Waals surface area contributed by atoms with E-state index < -0.39 is 35.9 Å². The summed E-state index contributed by atoms with van der Waals surface area (Å²) in [4.78, 5) is 1.28. The number of rotatable bonds is 2. The molecule has 2 spiro atoms. The molecule has 0 aromatic heterocycles. The van der Waals surface area contributed by atoms with Crippen molar-refractivity contribution in [2.45, 2.75) is 35.8 Å². The molecule has 4 nitrogen and oxygen atoms in total. The Balaban J connectivity index is 1.14. The van der Waals surface area contributed by atoms with Crippen LogP contribution in [0.1, 0.15) is 66.8 Å². The van der Waals surface area contributed by atoms with Crippen LogP contribution in [0.5, 0.6) is 0 Å². The molecular weight excluding hydrogens is 885 g/mol. The van der Waals surface area contributed by atoms with Crippen LogP contribution < -0.4 is 0 Å². The maximum atomic E-state index is 14.7. The van der Waals surface area contributed by atoms with Crippen molar-refractivity contribution in [3.05, 3.63) is 297 Å². The summed E-state index contributed by atoms with van der Waals surface area (Å²) in [7, 11) is -7.73. The topological polar surface area (TPSA) is 68.3 Å². The number of sulfone groups is 2. The predicted octanol–water partition coefficient (Wildman–Crippen LogP) is 13.1. The van der Waals surface area contributed by atoms with Gasteiger partial charge in [-0.15, -0.1) is 0 Å². The molecule has 2 aliphatic heterocycles. The smallest absolute Gasteiger partial charge is 0.207 e. The van der Waals surface area contributed by atoms with E-state index in [1.165, 1.54) is 0 Å². The van der Waals surface area contributed by atoms with Crippen molar-refractivity contribution in [2.75, 3.05) is 0 Å². The van der Waals surface area contributed by atoms with E-state index in [4.69, 9.17) is 0 Å². The highest BCUT2D eigenvalue weighted by Gasteiger charge is 2.59. The summed E-state index contributed by atoms with van der Waals surface area (Å²) < 4.78 is 59.0. The van der Waals surface area contributed by atoms with E-state index in [1.54, 1.807) is 24.3 Å². The van der Waals surface area contributed by atoms with Crippen LogP contribution in [0, 0.1) is 0 Å². The standard InChI is InChI=1S/C63H38O4S2/c64-68(65)55-35-13-9-27-47(55)62(48-28-10-14-36-56(48)68)45-25-7-3-21-41(45)59-51(31-17-33-53(59)62)61(43-23-5-1-19-39(43)40-20-2-6-24-44(40)61)52-32-18-34-54-60(52)42-22-4-8-26-46(42)63(54)49-29-11-15-37-57(49)69(66,67)58-38-16-12-30-50(58)63/h1-38H. The summed E-state index contributed by atoms with van der Waals surface area (Å²) in [5.74, 6) is 0. The molecule has 69 heavy (non-hydrogen) atoms. The van der Waals surface area contributed by atoms with Crippen LogP contribution in [0.4, 0.5) is 0 Å². The molecule has 6 heteroatoms. The van der Waals surface area contributed by atoms with Gasteiger partial charge in [-0.05, 0) is 124 Å². The summed E-state index contributed by atoms with van der Waals surface area (Å²) in [6.07, 6.45) is 0. The van der Waals surface area contributed by atoms with Gasteiger partial charge in [0.05, 0.1) is 35.8 Å². The van der Waals surface area contributed by atoms with Crippen molar-refractivity contribution in [2.24, 2.45) is 0 Å². The monoisotopic (exact) mass is 922 g/mol. The fourth-order valence-electron chi connectivity index (χ4n) is 14.0. The zero-order valence-electron chi connectivity index (χ0n) is 36.9. The lowest BCUT2D eigenvalue weighted by molar-refractivity contribution is 0.579. The average molecular weight is 923 g/mol. The Morgan fingerprint density at radius 3 is 0.710 bits per heavy atom. The molecule has 0 amide bonds. The molecule has 10 aromatic carbocycles. The average Bonchev–Trinajstić information content (AvgIpc) is 3.99. The van der Waals surface area contributed by atoms with Crippen LogP contribution in [0.2, 0.25) is 0 Å². The van der Waals surface area contributed by atoms with Crippen molar-refractivity contribution in [3.63, 3.8) is 0 Å². The highest BCUT2D eigenvalue weighted by molar-refractivity contribution is 7.92. The number of benzene rings is 10. The van der Waals surface area contributed by atoms with Crippen molar-refractivity contribution < 1.29 is 16.8 Å². The van der Waals surface area contributed by atoms with Crippen LogP contribution in [-0.4, -0.2) is 16.8 Å². The van der Waals surface area contributed by atoms with Gasteiger partial charge in [-0.1, -0.05) is 206 Å². The minimum atomic E-state index is -3.87. The highest BCUT2D eigenvalue weighted by Crippen LogP contribution is 2.68. The third-order valence-corrected chi connectivity index (χ3v) is 20.0. The summed E-state index contributed by atoms with van der Waals surface area (Å²) in [5.41, 5.74) is 15.2. The van der Waals surface area contributed by atoms with E-state index in [1.807, 2.05) is 72.8 Å². The molecule has 15 rings (SSSR count). The first-order valence-electron chi connectivity index (χ1n) is 23.3. The minimum absolute atomic E-state index is 0.320. The fourth-order valence-corrected chi connectivity index (χ4v) is 17.5. The third-order valence-electron chi connectivity index (χ3n) is 16.2. The quantitative estimate of drug-likeness (QED) is 0.173. The normalized spacial score (nSPS) is 17.2. The summed E-state index contributed by atoms with van der Waals surface area (Å²) in [5, 5.41) is 0. The van der Waals surface area contributed by atoms with E-state index in [9.17, 15) is 16.8 Å². The Hall–Kier alpha value is -7.90. The molecule has 0 bridgehead atoms. The Morgan fingerprint density at radius 1 is 0.203 bits per heavy atom. The maximum absolute atomic E-state index is 14.7. The Morgan fingerprint density at radius 2 is 0.406 bits per heavy atom. The summed E-state index contributed by atoms with van der Waals surface area (Å²) in [6, 6.07) is 78.5. The van der Waals surface area contributed by atoms with E-state index in [0.29, 0.717) is 19.6 Å². The number of hydrogen-bond donors (Lipinski definition) is 0. The van der Waals surface area contributed by atoms with Gasteiger partial charge in [-0.3, -0.25) is 0 Å². The lowest BCUT2D eigenvalue weighted by atomic mass is 9.62. The van der Waals surface area contributed by atoms with Crippen LogP contribution in [-0.2, 0) is 35.9 Å². The van der Waals surface area contributed by atoms with Gasteiger partial charge in [0.1, 0.15) is 0 Å². The van der Waals surface area contributed by atoms with Gasteiger partial charge < -0.3 is 0 Å². The second-order valence-electron chi connectivity index (χ2n) is 18.9. The van der Waals surface area contributed by atoms with Gasteiger partial charge in [0.25, 0.3) is 0 Å². The number of fused-ring (bicyclic) bond motifs is 21. The second kappa shape index (κ2) is 13.2. The Kier molecular flexibility index (Phi) is 7.49. The molecule has 5 aliphatic rings. The molecule has 0 saturated carbocycles. The van der Waals surface area contributed by atoms with Crippen LogP contribution in [0.15, 0.2) is 250 Å². The zero-order valence-corrected chi connectivity index (χ0v) is 38.5. The first-order valence-corrected chi connectivity index (χ1v) is 26.3. The molecule has 2 heterocycles. The molecule has 3 aliphatic carbocycles. The predicted molar refractivity (Wildman–Crippen MR) is 269 cm³/mol. The van der Waals surface area contributed by atoms with Crippen molar-refractivity contribution in [1.29, 1.82) is 0 Å². The van der Waals surface area contributed by atoms with E-state index in [-0.39, 0.29) is 0 Å². The highest BCUT2D eigenvalue weighted by atomic mass is 32.2. The van der Waals surface area contributed by atoms with Gasteiger partial charge in [-0.25, -0.2) is 16.8 Å². The van der Waals surface area contributed by atoms with Gasteiger partial charge in [0, 0.05) is 0 Å². The molecule has 0 atom stereocenters. The minimum Gasteiger partial charge on any atom is -0.218 e. The zero-order chi connectivity index (χ0) is 46.1. The largest absolute Gasteiger partial charge is 0.218 e. The molecule has 326 valence electrons. The lowest BCUT2D eigenvalue weighted by Crippen LogP contribution is -2.36. The second-order valence-corrected chi connectivity index (χ2v) is 22.7. The molecule has 0 N–H and O–H groups in total. The van der Waals surface area contributed by atoms with Crippen LogP contribution in [0.25, 0.3) is 33.4 Å². The first kappa shape index (κ1) is 39.1. The van der Waals surface area contributed by atoms with Crippen LogP contribution in [0.3, 0.4) is 0 Å². The van der Waals surface area contributed by atoms with E-state index >= 15 is 0 Å². The van der Waals surface area contributed by atoms with Gasteiger partial charge in [0.2, 0.25) is 19.7 Å². The van der Waals surface area contributed by atoms with Crippen molar-refractivity contribution in [1.82, 2.24) is 0 Å².